The first kappa shape index (κ1) is 6.85. The summed E-state index contributed by atoms with van der Waals surface area (Å²) in [5, 5.41) is 12.6. The maximum absolute atomic E-state index is 9.40. The van der Waals surface area contributed by atoms with E-state index in [0.717, 1.165) is 22.9 Å². The maximum atomic E-state index is 9.40. The Balaban J connectivity index is 2.49. The van der Waals surface area contributed by atoms with E-state index in [-0.39, 0.29) is 0 Å². The lowest BCUT2D eigenvalue weighted by molar-refractivity contribution is 0.463. The first-order valence-electron chi connectivity index (χ1n) is 3.56. The van der Waals surface area contributed by atoms with E-state index in [0.29, 0.717) is 5.75 Å². The number of nitrogens with one attached hydrogen (secondary N) is 1. The third kappa shape index (κ3) is 1.16. The Bertz CT molecular complexity index is 275. The summed E-state index contributed by atoms with van der Waals surface area (Å²) in [5.74, 6) is 1.42. The molecule has 0 bridgehead atoms. The molecular formula is C8H9NOS. The first-order valence-corrected chi connectivity index (χ1v) is 4.55. The van der Waals surface area contributed by atoms with Crippen molar-refractivity contribution in [2.45, 2.75) is 4.90 Å². The number of thioether (sulfide) groups is 1. The molecule has 2 nitrogen and oxygen atoms in total. The van der Waals surface area contributed by atoms with Gasteiger partial charge in [0.15, 0.2) is 0 Å². The van der Waals surface area contributed by atoms with Gasteiger partial charge in [0.2, 0.25) is 0 Å². The molecule has 1 heterocycles. The van der Waals surface area contributed by atoms with Gasteiger partial charge in [0.05, 0.1) is 10.6 Å². The van der Waals surface area contributed by atoms with Crippen LogP contribution in [0.5, 0.6) is 5.75 Å². The normalized spacial score (nSPS) is 15.3. The molecule has 1 aromatic carbocycles. The van der Waals surface area contributed by atoms with Crippen molar-refractivity contribution in [1.29, 1.82) is 0 Å². The molecule has 2 N–H and O–H groups in total. The molecule has 0 fully saturated rings. The topological polar surface area (TPSA) is 32.3 Å². The molecule has 0 aliphatic carbocycles. The molecule has 1 aliphatic heterocycles. The van der Waals surface area contributed by atoms with Crippen LogP contribution in [0, 0.1) is 0 Å². The van der Waals surface area contributed by atoms with Gasteiger partial charge < -0.3 is 10.4 Å². The minimum atomic E-state index is 0.389. The van der Waals surface area contributed by atoms with E-state index in [9.17, 15) is 5.11 Å². The number of benzene rings is 1. The number of hydrogen-bond acceptors (Lipinski definition) is 3. The van der Waals surface area contributed by atoms with Gasteiger partial charge in [-0.05, 0) is 12.1 Å². The van der Waals surface area contributed by atoms with Crippen molar-refractivity contribution in [2.24, 2.45) is 0 Å². The second-order valence-electron chi connectivity index (χ2n) is 2.43. The number of anilines is 1. The van der Waals surface area contributed by atoms with Gasteiger partial charge in [0.25, 0.3) is 0 Å². The number of phenols is 1. The number of hydrogen-bond donors (Lipinski definition) is 2. The van der Waals surface area contributed by atoms with Crippen LogP contribution in [0.3, 0.4) is 0 Å². The van der Waals surface area contributed by atoms with Gasteiger partial charge in [-0.1, -0.05) is 6.07 Å². The molecule has 58 valence electrons. The van der Waals surface area contributed by atoms with E-state index in [1.54, 1.807) is 17.8 Å². The number of rotatable bonds is 0. The molecule has 0 spiro atoms. The van der Waals surface area contributed by atoms with Crippen molar-refractivity contribution in [2.75, 3.05) is 17.6 Å². The number of phenolic OH excluding ortho intramolecular Hbond substituents is 1. The third-order valence-corrected chi connectivity index (χ3v) is 2.78. The molecule has 2 rings (SSSR count). The Morgan fingerprint density at radius 3 is 3.18 bits per heavy atom. The highest BCUT2D eigenvalue weighted by Gasteiger charge is 2.11. The van der Waals surface area contributed by atoms with Crippen LogP contribution in [0.15, 0.2) is 23.1 Å². The summed E-state index contributed by atoms with van der Waals surface area (Å²) in [6, 6.07) is 5.56. The lowest BCUT2D eigenvalue weighted by Crippen LogP contribution is -2.09. The van der Waals surface area contributed by atoms with Crippen LogP contribution in [-0.4, -0.2) is 17.4 Å². The van der Waals surface area contributed by atoms with Crippen LogP contribution in [0.4, 0.5) is 5.69 Å². The molecule has 1 aliphatic rings. The van der Waals surface area contributed by atoms with Crippen molar-refractivity contribution < 1.29 is 5.11 Å². The van der Waals surface area contributed by atoms with Crippen LogP contribution in [0.1, 0.15) is 0 Å². The van der Waals surface area contributed by atoms with E-state index in [2.05, 4.69) is 5.32 Å². The van der Waals surface area contributed by atoms with Crippen molar-refractivity contribution in [1.82, 2.24) is 0 Å². The first-order chi connectivity index (χ1) is 5.38. The summed E-state index contributed by atoms with van der Waals surface area (Å²) >= 11 is 1.70. The molecule has 1 aromatic rings. The van der Waals surface area contributed by atoms with Gasteiger partial charge in [-0.15, -0.1) is 11.8 Å². The fourth-order valence-electron chi connectivity index (χ4n) is 1.15. The van der Waals surface area contributed by atoms with Gasteiger partial charge in [0, 0.05) is 12.3 Å². The molecular weight excluding hydrogens is 158 g/mol. The maximum Gasteiger partial charge on any atom is 0.131 e. The molecule has 0 radical (unpaired) electrons. The number of aromatic hydroxyl groups is 1. The Morgan fingerprint density at radius 2 is 2.36 bits per heavy atom. The lowest BCUT2D eigenvalue weighted by atomic mass is 10.3. The van der Waals surface area contributed by atoms with Gasteiger partial charge in [-0.25, -0.2) is 0 Å². The molecule has 0 unspecified atom stereocenters. The second-order valence-corrected chi connectivity index (χ2v) is 3.53. The standard InChI is InChI=1S/C8H9NOS/c10-7-3-1-2-6-8(7)11-5-4-9-6/h1-3,9-10H,4-5H2. The Morgan fingerprint density at radius 1 is 1.45 bits per heavy atom. The zero-order chi connectivity index (χ0) is 7.68. The Labute approximate surface area is 69.6 Å². The predicted octanol–water partition coefficient (Wildman–Crippen LogP) is 1.91. The molecule has 3 heteroatoms. The quantitative estimate of drug-likeness (QED) is 0.619. The summed E-state index contributed by atoms with van der Waals surface area (Å²) in [7, 11) is 0. The minimum absolute atomic E-state index is 0.389. The van der Waals surface area contributed by atoms with Crippen molar-refractivity contribution in [3.05, 3.63) is 18.2 Å². The second kappa shape index (κ2) is 2.66. The zero-order valence-corrected chi connectivity index (χ0v) is 6.82. The van der Waals surface area contributed by atoms with Gasteiger partial charge in [0.1, 0.15) is 5.75 Å². The molecule has 0 saturated heterocycles. The van der Waals surface area contributed by atoms with Gasteiger partial charge >= 0.3 is 0 Å². The monoisotopic (exact) mass is 167 g/mol. The highest BCUT2D eigenvalue weighted by atomic mass is 32.2. The molecule has 11 heavy (non-hydrogen) atoms. The van der Waals surface area contributed by atoms with E-state index >= 15 is 0 Å². The lowest BCUT2D eigenvalue weighted by Gasteiger charge is -2.17. The van der Waals surface area contributed by atoms with E-state index in [4.69, 9.17) is 0 Å². The molecule has 0 amide bonds. The average Bonchev–Trinajstić information content (AvgIpc) is 2.06. The van der Waals surface area contributed by atoms with E-state index < -0.39 is 0 Å². The fourth-order valence-corrected chi connectivity index (χ4v) is 2.07. The van der Waals surface area contributed by atoms with Crippen molar-refractivity contribution in [3.63, 3.8) is 0 Å². The molecule has 0 atom stereocenters. The van der Waals surface area contributed by atoms with Crippen LogP contribution in [-0.2, 0) is 0 Å². The van der Waals surface area contributed by atoms with Crippen LogP contribution < -0.4 is 5.32 Å². The van der Waals surface area contributed by atoms with Crippen LogP contribution >= 0.6 is 11.8 Å². The summed E-state index contributed by atoms with van der Waals surface area (Å²) in [6.07, 6.45) is 0. The summed E-state index contributed by atoms with van der Waals surface area (Å²) < 4.78 is 0. The average molecular weight is 167 g/mol. The van der Waals surface area contributed by atoms with Crippen LogP contribution in [0.2, 0.25) is 0 Å². The van der Waals surface area contributed by atoms with E-state index in [1.165, 1.54) is 0 Å². The SMILES string of the molecule is Oc1cccc2c1SCCN2. The highest BCUT2D eigenvalue weighted by Crippen LogP contribution is 2.37. The summed E-state index contributed by atoms with van der Waals surface area (Å²) in [5.41, 5.74) is 1.06. The molecule has 0 saturated carbocycles. The highest BCUT2D eigenvalue weighted by molar-refractivity contribution is 7.99. The van der Waals surface area contributed by atoms with Crippen molar-refractivity contribution >= 4 is 17.4 Å². The minimum Gasteiger partial charge on any atom is -0.507 e. The Kier molecular flexibility index (Phi) is 1.66. The van der Waals surface area contributed by atoms with Gasteiger partial charge in [-0.3, -0.25) is 0 Å². The summed E-state index contributed by atoms with van der Waals surface area (Å²) in [4.78, 5) is 0.985. The van der Waals surface area contributed by atoms with Gasteiger partial charge in [-0.2, -0.15) is 0 Å². The molecule has 0 aromatic heterocycles. The zero-order valence-electron chi connectivity index (χ0n) is 6.00. The largest absolute Gasteiger partial charge is 0.507 e. The predicted molar refractivity (Wildman–Crippen MR) is 47.3 cm³/mol. The van der Waals surface area contributed by atoms with Crippen molar-refractivity contribution in [3.8, 4) is 5.75 Å². The smallest absolute Gasteiger partial charge is 0.131 e. The fraction of sp³-hybridized carbons (Fsp3) is 0.250. The third-order valence-electron chi connectivity index (χ3n) is 1.66. The van der Waals surface area contributed by atoms with E-state index in [1.807, 2.05) is 12.1 Å². The number of fused-ring (bicyclic) bond motifs is 1. The summed E-state index contributed by atoms with van der Waals surface area (Å²) in [6.45, 7) is 0.987. The van der Waals surface area contributed by atoms with Crippen LogP contribution in [0.25, 0.3) is 0 Å². The Hall–Kier alpha value is -0.830.